The van der Waals surface area contributed by atoms with Gasteiger partial charge in [0.25, 0.3) is 0 Å². The Hall–Kier alpha value is -0.790. The first-order valence-corrected chi connectivity index (χ1v) is 6.99. The van der Waals surface area contributed by atoms with Gasteiger partial charge in [0, 0.05) is 5.41 Å². The molecule has 0 aromatic carbocycles. The minimum absolute atomic E-state index is 0.0823. The smallest absolute Gasteiger partial charge is 0.202 e. The molecule has 4 bridgehead atoms. The van der Waals surface area contributed by atoms with E-state index < -0.39 is 0 Å². The lowest BCUT2D eigenvalue weighted by atomic mass is 9.48. The summed E-state index contributed by atoms with van der Waals surface area (Å²) in [6, 6.07) is 0. The highest BCUT2D eigenvalue weighted by Crippen LogP contribution is 2.60. The van der Waals surface area contributed by atoms with Crippen LogP contribution >= 0.6 is 0 Å². The molecule has 4 rings (SSSR count). The SMILES string of the molecule is C=C(OCC)C(=O)C12CC3CC(CC(C3)C1)C2. The first-order valence-electron chi connectivity index (χ1n) is 6.99. The Labute approximate surface area is 103 Å². The predicted octanol–water partition coefficient (Wildman–Crippen LogP) is 3.32. The second-order valence-corrected chi connectivity index (χ2v) is 6.38. The van der Waals surface area contributed by atoms with Crippen LogP contribution in [0.25, 0.3) is 0 Å². The van der Waals surface area contributed by atoms with Crippen LogP contribution in [0.2, 0.25) is 0 Å². The summed E-state index contributed by atoms with van der Waals surface area (Å²) in [7, 11) is 0. The highest BCUT2D eigenvalue weighted by molar-refractivity contribution is 5.98. The number of ether oxygens (including phenoxy) is 1. The molecule has 94 valence electrons. The minimum Gasteiger partial charge on any atom is -0.491 e. The van der Waals surface area contributed by atoms with E-state index in [4.69, 9.17) is 4.74 Å². The molecular formula is C15H22O2. The largest absolute Gasteiger partial charge is 0.491 e. The standard InChI is InChI=1S/C15H22O2/c1-3-17-10(2)14(16)15-7-11-4-12(8-15)6-13(5-11)9-15/h11-13H,2-9H2,1H3. The van der Waals surface area contributed by atoms with E-state index in [1.807, 2.05) is 6.92 Å². The van der Waals surface area contributed by atoms with Crippen molar-refractivity contribution in [2.75, 3.05) is 6.61 Å². The molecule has 4 saturated carbocycles. The lowest BCUT2D eigenvalue weighted by molar-refractivity contribution is -0.143. The Morgan fingerprint density at radius 1 is 1.18 bits per heavy atom. The summed E-state index contributed by atoms with van der Waals surface area (Å²) in [5, 5.41) is 0. The van der Waals surface area contributed by atoms with Gasteiger partial charge in [-0.3, -0.25) is 4.79 Å². The maximum absolute atomic E-state index is 12.6. The summed E-state index contributed by atoms with van der Waals surface area (Å²) in [5.41, 5.74) is -0.0823. The third-order valence-electron chi connectivity index (χ3n) is 5.09. The average molecular weight is 234 g/mol. The highest BCUT2D eigenvalue weighted by Gasteiger charge is 2.55. The Bertz CT molecular complexity index is 321. The molecular weight excluding hydrogens is 212 g/mol. The van der Waals surface area contributed by atoms with Gasteiger partial charge in [0.1, 0.15) is 0 Å². The van der Waals surface area contributed by atoms with Crippen LogP contribution in [0.15, 0.2) is 12.3 Å². The molecule has 4 aliphatic carbocycles. The fourth-order valence-corrected chi connectivity index (χ4v) is 4.92. The molecule has 0 unspecified atom stereocenters. The van der Waals surface area contributed by atoms with Gasteiger partial charge in [-0.1, -0.05) is 6.58 Å². The van der Waals surface area contributed by atoms with Crippen molar-refractivity contribution in [3.05, 3.63) is 12.3 Å². The quantitative estimate of drug-likeness (QED) is 0.551. The van der Waals surface area contributed by atoms with E-state index in [-0.39, 0.29) is 11.2 Å². The van der Waals surface area contributed by atoms with Crippen molar-refractivity contribution in [2.45, 2.75) is 45.4 Å². The third kappa shape index (κ3) is 1.73. The van der Waals surface area contributed by atoms with E-state index in [2.05, 4.69) is 6.58 Å². The van der Waals surface area contributed by atoms with Crippen molar-refractivity contribution in [1.29, 1.82) is 0 Å². The number of Topliss-reactive ketones (excluding diaryl/α,β-unsaturated/α-hetero) is 1. The van der Waals surface area contributed by atoms with Crippen molar-refractivity contribution in [2.24, 2.45) is 23.2 Å². The Kier molecular flexibility index (Phi) is 2.57. The van der Waals surface area contributed by atoms with Crippen molar-refractivity contribution >= 4 is 5.78 Å². The zero-order valence-corrected chi connectivity index (χ0v) is 10.7. The van der Waals surface area contributed by atoms with Gasteiger partial charge in [0.05, 0.1) is 6.61 Å². The van der Waals surface area contributed by atoms with Crippen molar-refractivity contribution in [3.8, 4) is 0 Å². The molecule has 0 amide bonds. The molecule has 0 aromatic rings. The van der Waals surface area contributed by atoms with Gasteiger partial charge in [0.15, 0.2) is 5.76 Å². The molecule has 2 heteroatoms. The average Bonchev–Trinajstić information content (AvgIpc) is 2.26. The maximum Gasteiger partial charge on any atom is 0.202 e. The molecule has 0 atom stereocenters. The van der Waals surface area contributed by atoms with Gasteiger partial charge in [-0.05, 0) is 63.2 Å². The van der Waals surface area contributed by atoms with Crippen LogP contribution in [-0.4, -0.2) is 12.4 Å². The number of carbonyl (C=O) groups is 1. The number of carbonyl (C=O) groups excluding carboxylic acids is 1. The summed E-state index contributed by atoms with van der Waals surface area (Å²) in [5.74, 6) is 3.05. The molecule has 0 heterocycles. The molecule has 4 fully saturated rings. The zero-order chi connectivity index (χ0) is 12.0. The topological polar surface area (TPSA) is 26.3 Å². The van der Waals surface area contributed by atoms with E-state index in [0.717, 1.165) is 37.0 Å². The fraction of sp³-hybridized carbons (Fsp3) is 0.800. The summed E-state index contributed by atoms with van der Waals surface area (Å²) in [6.45, 7) is 6.30. The number of rotatable bonds is 4. The Morgan fingerprint density at radius 2 is 1.65 bits per heavy atom. The summed E-state index contributed by atoms with van der Waals surface area (Å²) in [4.78, 5) is 12.6. The molecule has 0 radical (unpaired) electrons. The molecule has 0 aliphatic heterocycles. The molecule has 0 saturated heterocycles. The first-order chi connectivity index (χ1) is 8.13. The highest BCUT2D eigenvalue weighted by atomic mass is 16.5. The normalized spacial score (nSPS) is 42.5. The van der Waals surface area contributed by atoms with Gasteiger partial charge in [-0.2, -0.15) is 0 Å². The van der Waals surface area contributed by atoms with Gasteiger partial charge >= 0.3 is 0 Å². The Morgan fingerprint density at radius 3 is 2.06 bits per heavy atom. The Balaban J connectivity index is 1.82. The fourth-order valence-electron chi connectivity index (χ4n) is 4.92. The van der Waals surface area contributed by atoms with E-state index >= 15 is 0 Å². The van der Waals surface area contributed by atoms with Crippen molar-refractivity contribution in [3.63, 3.8) is 0 Å². The molecule has 0 aromatic heterocycles. The van der Waals surface area contributed by atoms with Gasteiger partial charge < -0.3 is 4.74 Å². The first kappa shape index (κ1) is 11.3. The van der Waals surface area contributed by atoms with Gasteiger partial charge in [0.2, 0.25) is 5.78 Å². The monoisotopic (exact) mass is 234 g/mol. The van der Waals surface area contributed by atoms with Crippen molar-refractivity contribution in [1.82, 2.24) is 0 Å². The maximum atomic E-state index is 12.6. The molecule has 0 spiro atoms. The number of hydrogen-bond donors (Lipinski definition) is 0. The van der Waals surface area contributed by atoms with Crippen LogP contribution in [0.5, 0.6) is 0 Å². The van der Waals surface area contributed by atoms with Gasteiger partial charge in [-0.15, -0.1) is 0 Å². The second-order valence-electron chi connectivity index (χ2n) is 6.38. The number of allylic oxidation sites excluding steroid dienone is 1. The summed E-state index contributed by atoms with van der Waals surface area (Å²) in [6.07, 6.45) is 7.41. The molecule has 4 aliphatic rings. The summed E-state index contributed by atoms with van der Waals surface area (Å²) < 4.78 is 5.35. The lowest BCUT2D eigenvalue weighted by Crippen LogP contribution is -2.50. The number of hydrogen-bond acceptors (Lipinski definition) is 2. The van der Waals surface area contributed by atoms with E-state index in [0.29, 0.717) is 12.4 Å². The predicted molar refractivity (Wildman–Crippen MR) is 66.4 cm³/mol. The summed E-state index contributed by atoms with van der Waals surface area (Å²) >= 11 is 0. The van der Waals surface area contributed by atoms with Crippen LogP contribution in [0.1, 0.15) is 45.4 Å². The van der Waals surface area contributed by atoms with E-state index in [9.17, 15) is 4.79 Å². The van der Waals surface area contributed by atoms with E-state index in [1.54, 1.807) is 0 Å². The second kappa shape index (κ2) is 3.86. The van der Waals surface area contributed by atoms with Crippen LogP contribution in [-0.2, 0) is 9.53 Å². The molecule has 17 heavy (non-hydrogen) atoms. The van der Waals surface area contributed by atoms with Crippen molar-refractivity contribution < 1.29 is 9.53 Å². The number of ketones is 1. The zero-order valence-electron chi connectivity index (χ0n) is 10.7. The minimum atomic E-state index is -0.0823. The van der Waals surface area contributed by atoms with Crippen LogP contribution < -0.4 is 0 Å². The third-order valence-corrected chi connectivity index (χ3v) is 5.09. The van der Waals surface area contributed by atoms with Crippen LogP contribution in [0.3, 0.4) is 0 Å². The van der Waals surface area contributed by atoms with E-state index in [1.165, 1.54) is 19.3 Å². The van der Waals surface area contributed by atoms with Crippen LogP contribution in [0.4, 0.5) is 0 Å². The molecule has 2 nitrogen and oxygen atoms in total. The lowest BCUT2D eigenvalue weighted by Gasteiger charge is -2.55. The molecule has 0 N–H and O–H groups in total. The van der Waals surface area contributed by atoms with Crippen LogP contribution in [0, 0.1) is 23.2 Å². The van der Waals surface area contributed by atoms with Gasteiger partial charge in [-0.25, -0.2) is 0 Å².